The smallest absolute Gasteiger partial charge is 0.306 e. The molecule has 3 unspecified atom stereocenters. The van der Waals surface area contributed by atoms with Gasteiger partial charge in [-0.1, -0.05) is 31.2 Å². The lowest BCUT2D eigenvalue weighted by atomic mass is 9.86. The molecule has 3 rings (SSSR count). The van der Waals surface area contributed by atoms with Gasteiger partial charge in [0, 0.05) is 25.1 Å². The van der Waals surface area contributed by atoms with Crippen LogP contribution in [0.15, 0.2) is 46.1 Å². The summed E-state index contributed by atoms with van der Waals surface area (Å²) in [5.74, 6) is -0.432. The second-order valence-electron chi connectivity index (χ2n) is 7.33. The summed E-state index contributed by atoms with van der Waals surface area (Å²) in [5.41, 5.74) is 2.04. The number of hydrogen-bond donors (Lipinski definition) is 1. The number of nitrogens with one attached hydrogen (secondary N) is 1. The van der Waals surface area contributed by atoms with Gasteiger partial charge < -0.3 is 5.32 Å². The first-order valence-corrected chi connectivity index (χ1v) is 11.2. The highest BCUT2D eigenvalue weighted by atomic mass is 35.5. The quantitative estimate of drug-likeness (QED) is 0.530. The predicted octanol–water partition coefficient (Wildman–Crippen LogP) is 4.23. The molecule has 0 fully saturated rings. The third-order valence-electron chi connectivity index (χ3n) is 5.44. The van der Waals surface area contributed by atoms with Crippen LogP contribution in [0.2, 0.25) is 0 Å². The third kappa shape index (κ3) is 4.04. The molecule has 9 heteroatoms. The molecule has 28 heavy (non-hydrogen) atoms. The van der Waals surface area contributed by atoms with Crippen molar-refractivity contribution in [3.63, 3.8) is 0 Å². The van der Waals surface area contributed by atoms with Crippen LogP contribution in [0.25, 0.3) is 0 Å². The summed E-state index contributed by atoms with van der Waals surface area (Å²) in [6.07, 6.45) is 3.42. The average Bonchev–Trinajstić information content (AvgIpc) is 2.68. The van der Waals surface area contributed by atoms with Crippen LogP contribution in [0.4, 0.5) is 13.2 Å². The molecule has 1 heterocycles. The van der Waals surface area contributed by atoms with Crippen molar-refractivity contribution < 1.29 is 21.6 Å². The zero-order chi connectivity index (χ0) is 20.7. The van der Waals surface area contributed by atoms with Crippen molar-refractivity contribution in [1.29, 1.82) is 0 Å². The van der Waals surface area contributed by atoms with E-state index in [9.17, 15) is 21.6 Å². The Morgan fingerprint density at radius 3 is 2.68 bits per heavy atom. The maximum Gasteiger partial charge on any atom is 0.389 e. The Balaban J connectivity index is 2.03. The SMILES string of the molecule is CC1C2=C(C=CC1Cl)C(NCCCC(F)(F)F)C1=C(CCC=C1)N(C)S2(=O)=O. The first kappa shape index (κ1) is 21.5. The van der Waals surface area contributed by atoms with Crippen molar-refractivity contribution in [2.24, 2.45) is 5.92 Å². The minimum atomic E-state index is -4.21. The molecule has 0 saturated carbocycles. The van der Waals surface area contributed by atoms with Crippen molar-refractivity contribution in [3.8, 4) is 0 Å². The Hall–Kier alpha value is -1.25. The molecule has 0 radical (unpaired) electrons. The minimum Gasteiger partial charge on any atom is -0.306 e. The van der Waals surface area contributed by atoms with Crippen molar-refractivity contribution in [3.05, 3.63) is 46.1 Å². The number of sulfonamides is 1. The second-order valence-corrected chi connectivity index (χ2v) is 9.77. The van der Waals surface area contributed by atoms with Crippen LogP contribution in [0.5, 0.6) is 0 Å². The van der Waals surface area contributed by atoms with Gasteiger partial charge >= 0.3 is 6.18 Å². The van der Waals surface area contributed by atoms with E-state index in [0.29, 0.717) is 24.1 Å². The number of allylic oxidation sites excluding steroid dienone is 4. The molecular formula is C19H24ClF3N2O2S. The molecule has 1 aliphatic heterocycles. The molecule has 0 aromatic carbocycles. The molecule has 0 aromatic rings. The van der Waals surface area contributed by atoms with Crippen LogP contribution in [-0.4, -0.2) is 43.9 Å². The number of rotatable bonds is 4. The fraction of sp³-hybridized carbons (Fsp3) is 0.579. The topological polar surface area (TPSA) is 49.4 Å². The van der Waals surface area contributed by atoms with Crippen molar-refractivity contribution >= 4 is 21.6 Å². The van der Waals surface area contributed by atoms with E-state index in [-0.39, 0.29) is 17.9 Å². The molecule has 0 spiro atoms. The largest absolute Gasteiger partial charge is 0.389 e. The van der Waals surface area contributed by atoms with E-state index >= 15 is 0 Å². The Kier molecular flexibility index (Phi) is 6.04. The number of alkyl halides is 4. The van der Waals surface area contributed by atoms with E-state index < -0.39 is 40.0 Å². The van der Waals surface area contributed by atoms with Crippen LogP contribution in [-0.2, 0) is 10.0 Å². The second kappa shape index (κ2) is 7.88. The van der Waals surface area contributed by atoms with Gasteiger partial charge in [0.15, 0.2) is 0 Å². The van der Waals surface area contributed by atoms with Crippen molar-refractivity contribution in [2.75, 3.05) is 13.6 Å². The van der Waals surface area contributed by atoms with Gasteiger partial charge in [0.05, 0.1) is 16.3 Å². The van der Waals surface area contributed by atoms with Crippen LogP contribution >= 0.6 is 11.6 Å². The lowest BCUT2D eigenvalue weighted by Crippen LogP contribution is -2.36. The minimum absolute atomic E-state index is 0.0745. The summed E-state index contributed by atoms with van der Waals surface area (Å²) < 4.78 is 65.5. The molecule has 4 nitrogen and oxygen atoms in total. The van der Waals surface area contributed by atoms with E-state index in [0.717, 1.165) is 5.57 Å². The Labute approximate surface area is 168 Å². The highest BCUT2D eigenvalue weighted by Crippen LogP contribution is 2.42. The van der Waals surface area contributed by atoms with Crippen LogP contribution in [0.3, 0.4) is 0 Å². The summed E-state index contributed by atoms with van der Waals surface area (Å²) in [6.45, 7) is 1.89. The standard InChI is InChI=1S/C19H24ClF3N2O2S/c1-12-15(20)9-8-14-17(24-11-5-10-19(21,22)23)13-6-3-4-7-16(13)25(2)28(26,27)18(12)14/h3,6,8-9,12,15,17,24H,4-5,7,10-11H2,1-2H3. The van der Waals surface area contributed by atoms with Crippen LogP contribution in [0.1, 0.15) is 32.6 Å². The van der Waals surface area contributed by atoms with Gasteiger partial charge in [-0.3, -0.25) is 4.31 Å². The summed E-state index contributed by atoms with van der Waals surface area (Å²) >= 11 is 6.32. The zero-order valence-corrected chi connectivity index (χ0v) is 17.3. The highest BCUT2D eigenvalue weighted by molar-refractivity contribution is 7.93. The Bertz CT molecular complexity index is 859. The molecule has 0 saturated heterocycles. The van der Waals surface area contributed by atoms with Crippen LogP contribution in [0, 0.1) is 5.92 Å². The fourth-order valence-corrected chi connectivity index (χ4v) is 6.12. The number of nitrogens with zero attached hydrogens (tertiary/aromatic N) is 1. The lowest BCUT2D eigenvalue weighted by molar-refractivity contribution is -0.135. The van der Waals surface area contributed by atoms with Crippen LogP contribution < -0.4 is 5.32 Å². The summed E-state index contributed by atoms with van der Waals surface area (Å²) in [5, 5.41) is 2.71. The van der Waals surface area contributed by atoms with E-state index in [1.807, 2.05) is 12.2 Å². The Morgan fingerprint density at radius 2 is 2.00 bits per heavy atom. The van der Waals surface area contributed by atoms with Gasteiger partial charge in [0.2, 0.25) is 0 Å². The van der Waals surface area contributed by atoms with Gasteiger partial charge in [-0.15, -0.1) is 11.6 Å². The summed E-state index contributed by atoms with van der Waals surface area (Å²) in [4.78, 5) is 0.244. The van der Waals surface area contributed by atoms with E-state index in [2.05, 4.69) is 5.32 Å². The molecule has 0 aromatic heterocycles. The van der Waals surface area contributed by atoms with E-state index in [1.165, 1.54) is 11.4 Å². The molecule has 1 N–H and O–H groups in total. The lowest BCUT2D eigenvalue weighted by Gasteiger charge is -2.29. The number of halogens is 4. The maximum absolute atomic E-state index is 13.3. The molecule has 0 amide bonds. The highest BCUT2D eigenvalue weighted by Gasteiger charge is 2.42. The molecule has 2 aliphatic carbocycles. The molecular weight excluding hydrogens is 413 g/mol. The molecule has 0 bridgehead atoms. The monoisotopic (exact) mass is 436 g/mol. The Morgan fingerprint density at radius 1 is 1.29 bits per heavy atom. The first-order chi connectivity index (χ1) is 13.0. The molecule has 156 valence electrons. The zero-order valence-electron chi connectivity index (χ0n) is 15.8. The maximum atomic E-state index is 13.3. The number of hydrogen-bond acceptors (Lipinski definition) is 3. The van der Waals surface area contributed by atoms with Gasteiger partial charge in [0.25, 0.3) is 10.0 Å². The fourth-order valence-electron chi connectivity index (χ4n) is 3.96. The van der Waals surface area contributed by atoms with Gasteiger partial charge in [-0.05, 0) is 37.0 Å². The van der Waals surface area contributed by atoms with Gasteiger partial charge in [-0.25, -0.2) is 8.42 Å². The summed E-state index contributed by atoms with van der Waals surface area (Å²) in [6, 6.07) is -0.489. The van der Waals surface area contributed by atoms with Crippen molar-refractivity contribution in [1.82, 2.24) is 9.62 Å². The normalized spacial score (nSPS) is 29.6. The van der Waals surface area contributed by atoms with Crippen molar-refractivity contribution in [2.45, 2.75) is 50.2 Å². The van der Waals surface area contributed by atoms with E-state index in [4.69, 9.17) is 11.6 Å². The predicted molar refractivity (Wildman–Crippen MR) is 104 cm³/mol. The van der Waals surface area contributed by atoms with Gasteiger partial charge in [0.1, 0.15) is 0 Å². The van der Waals surface area contributed by atoms with Gasteiger partial charge in [-0.2, -0.15) is 13.2 Å². The summed E-state index contributed by atoms with van der Waals surface area (Å²) in [7, 11) is -2.24. The molecule has 3 atom stereocenters. The average molecular weight is 437 g/mol. The van der Waals surface area contributed by atoms with E-state index in [1.54, 1.807) is 19.1 Å². The molecule has 3 aliphatic rings. The first-order valence-electron chi connectivity index (χ1n) is 9.29. The third-order valence-corrected chi connectivity index (χ3v) is 8.07.